The Bertz CT molecular complexity index is 1610. The molecule has 162 valence electrons. The average molecular weight is 507 g/mol. The number of hydrogen-bond acceptors (Lipinski definition) is 4. The topological polar surface area (TPSA) is 0 Å². The van der Waals surface area contributed by atoms with Gasteiger partial charge in [0.05, 0.1) is 0 Å². The largest absolute Gasteiger partial charge is 0.143 e. The quantitative estimate of drug-likeness (QED) is 0.208. The maximum absolute atomic E-state index is 2.33. The third kappa shape index (κ3) is 3.64. The van der Waals surface area contributed by atoms with Crippen molar-refractivity contribution in [3.05, 3.63) is 108 Å². The van der Waals surface area contributed by atoms with Crippen molar-refractivity contribution >= 4 is 66.9 Å². The number of hydrogen-bond donors (Lipinski definition) is 0. The van der Waals surface area contributed by atoms with Crippen LogP contribution in [-0.2, 0) is 0 Å². The molecule has 7 rings (SSSR count). The maximum Gasteiger partial charge on any atom is 0.0449 e. The summed E-state index contributed by atoms with van der Waals surface area (Å²) < 4.78 is 0. The summed E-state index contributed by atoms with van der Waals surface area (Å²) in [7, 11) is 0. The summed E-state index contributed by atoms with van der Waals surface area (Å²) in [6.45, 7) is 0. The molecule has 0 bridgehead atoms. The summed E-state index contributed by atoms with van der Waals surface area (Å²) >= 11 is 7.34. The lowest BCUT2D eigenvalue weighted by Crippen LogP contribution is -1.80. The average Bonchev–Trinajstić information content (AvgIpc) is 3.68. The first-order chi connectivity index (χ1) is 16.8. The van der Waals surface area contributed by atoms with Gasteiger partial charge in [-0.25, -0.2) is 0 Å². The summed E-state index contributed by atoms with van der Waals surface area (Å²) in [6, 6.07) is 36.0. The molecular formula is C30H18S4. The first-order valence-electron chi connectivity index (χ1n) is 11.1. The Morgan fingerprint density at radius 1 is 0.353 bits per heavy atom. The molecule has 4 heterocycles. The minimum atomic E-state index is 1.29. The summed E-state index contributed by atoms with van der Waals surface area (Å²) in [6.07, 6.45) is 0. The Hall–Kier alpha value is -3.02. The molecule has 0 aliphatic heterocycles. The minimum Gasteiger partial charge on any atom is -0.143 e. The molecule has 0 amide bonds. The monoisotopic (exact) mass is 506 g/mol. The number of rotatable bonds is 4. The Balaban J connectivity index is 1.25. The molecule has 0 N–H and O–H groups in total. The van der Waals surface area contributed by atoms with Gasteiger partial charge in [0.25, 0.3) is 0 Å². The van der Waals surface area contributed by atoms with Gasteiger partial charge in [0, 0.05) is 29.3 Å². The van der Waals surface area contributed by atoms with Crippen molar-refractivity contribution < 1.29 is 0 Å². The van der Waals surface area contributed by atoms with E-state index in [1.54, 1.807) is 22.7 Å². The molecule has 4 aromatic heterocycles. The standard InChI is InChI=1S/C30H18S4/c1-3-27(31-13-1)29-11-9-25(33-29)21-7-5-19-16-24-18-22(8-6-20(24)15-23(19)17-21)26-10-12-30(34-26)28-4-2-14-32-28/h1-18H. The van der Waals surface area contributed by atoms with Crippen LogP contribution in [0.5, 0.6) is 0 Å². The van der Waals surface area contributed by atoms with Crippen LogP contribution in [0.15, 0.2) is 108 Å². The highest BCUT2D eigenvalue weighted by Crippen LogP contribution is 2.39. The first-order valence-corrected chi connectivity index (χ1v) is 14.5. The van der Waals surface area contributed by atoms with Gasteiger partial charge >= 0.3 is 0 Å². The van der Waals surface area contributed by atoms with Gasteiger partial charge in [-0.15, -0.1) is 45.3 Å². The lowest BCUT2D eigenvalue weighted by atomic mass is 9.99. The van der Waals surface area contributed by atoms with Crippen LogP contribution in [-0.4, -0.2) is 0 Å². The van der Waals surface area contributed by atoms with Gasteiger partial charge in [0.2, 0.25) is 0 Å². The lowest BCUT2D eigenvalue weighted by molar-refractivity contribution is 1.74. The van der Waals surface area contributed by atoms with Gasteiger partial charge in [-0.3, -0.25) is 0 Å². The third-order valence-electron chi connectivity index (χ3n) is 6.10. The lowest BCUT2D eigenvalue weighted by Gasteiger charge is -2.07. The zero-order chi connectivity index (χ0) is 22.5. The zero-order valence-corrected chi connectivity index (χ0v) is 21.3. The number of thiophene rings is 4. The van der Waals surface area contributed by atoms with Gasteiger partial charge in [-0.05, 0) is 104 Å². The van der Waals surface area contributed by atoms with Gasteiger partial charge in [0.15, 0.2) is 0 Å². The fourth-order valence-electron chi connectivity index (χ4n) is 4.39. The number of benzene rings is 3. The van der Waals surface area contributed by atoms with Gasteiger partial charge in [-0.1, -0.05) is 36.4 Å². The Morgan fingerprint density at radius 2 is 0.824 bits per heavy atom. The van der Waals surface area contributed by atoms with Gasteiger partial charge < -0.3 is 0 Å². The molecule has 0 saturated heterocycles. The van der Waals surface area contributed by atoms with Crippen LogP contribution < -0.4 is 0 Å². The van der Waals surface area contributed by atoms with Crippen LogP contribution in [0.3, 0.4) is 0 Å². The Morgan fingerprint density at radius 3 is 1.26 bits per heavy atom. The van der Waals surface area contributed by atoms with Crippen molar-refractivity contribution in [3.63, 3.8) is 0 Å². The zero-order valence-electron chi connectivity index (χ0n) is 18.0. The molecule has 34 heavy (non-hydrogen) atoms. The van der Waals surface area contributed by atoms with E-state index in [1.165, 1.54) is 61.9 Å². The molecule has 7 aromatic rings. The van der Waals surface area contributed by atoms with Crippen LogP contribution >= 0.6 is 45.3 Å². The number of fused-ring (bicyclic) bond motifs is 2. The van der Waals surface area contributed by atoms with Crippen molar-refractivity contribution in [2.24, 2.45) is 0 Å². The molecule has 0 fully saturated rings. The summed E-state index contributed by atoms with van der Waals surface area (Å²) in [5.41, 5.74) is 2.58. The molecule has 3 aromatic carbocycles. The summed E-state index contributed by atoms with van der Waals surface area (Å²) in [5.74, 6) is 0. The van der Waals surface area contributed by atoms with Crippen molar-refractivity contribution in [1.29, 1.82) is 0 Å². The summed E-state index contributed by atoms with van der Waals surface area (Å²) in [4.78, 5) is 8.00. The van der Waals surface area contributed by atoms with E-state index in [2.05, 4.69) is 108 Å². The van der Waals surface area contributed by atoms with Crippen LogP contribution in [0, 0.1) is 0 Å². The van der Waals surface area contributed by atoms with Crippen molar-refractivity contribution in [2.75, 3.05) is 0 Å². The van der Waals surface area contributed by atoms with E-state index in [0.29, 0.717) is 0 Å². The van der Waals surface area contributed by atoms with Crippen molar-refractivity contribution in [2.45, 2.75) is 0 Å². The van der Waals surface area contributed by atoms with Crippen molar-refractivity contribution in [1.82, 2.24) is 0 Å². The smallest absolute Gasteiger partial charge is 0.0449 e. The fraction of sp³-hybridized carbons (Fsp3) is 0. The van der Waals surface area contributed by atoms with E-state index in [4.69, 9.17) is 0 Å². The van der Waals surface area contributed by atoms with Crippen LogP contribution in [0.25, 0.3) is 61.9 Å². The van der Waals surface area contributed by atoms with E-state index >= 15 is 0 Å². The predicted octanol–water partition coefficient (Wildman–Crippen LogP) is 10.9. The first kappa shape index (κ1) is 20.4. The fourth-order valence-corrected chi connectivity index (χ4v) is 8.07. The molecule has 0 atom stereocenters. The SMILES string of the molecule is c1csc(-c2ccc(-c3ccc4cc5cc(-c6ccc(-c7cccs7)s6)ccc5cc4c3)s2)c1. The second-order valence-electron chi connectivity index (χ2n) is 8.26. The predicted molar refractivity (Wildman–Crippen MR) is 155 cm³/mol. The van der Waals surface area contributed by atoms with E-state index in [-0.39, 0.29) is 0 Å². The van der Waals surface area contributed by atoms with Crippen LogP contribution in [0.1, 0.15) is 0 Å². The van der Waals surface area contributed by atoms with Crippen molar-refractivity contribution in [3.8, 4) is 40.4 Å². The Labute approximate surface area is 214 Å². The van der Waals surface area contributed by atoms with E-state index in [1.807, 2.05) is 22.7 Å². The molecule has 0 nitrogen and oxygen atoms in total. The molecular weight excluding hydrogens is 489 g/mol. The summed E-state index contributed by atoms with van der Waals surface area (Å²) in [5, 5.41) is 9.44. The molecule has 0 unspecified atom stereocenters. The highest BCUT2D eigenvalue weighted by Gasteiger charge is 2.09. The Kier molecular flexibility index (Phi) is 4.99. The second-order valence-corrected chi connectivity index (χ2v) is 12.3. The van der Waals surface area contributed by atoms with E-state index in [0.717, 1.165) is 0 Å². The van der Waals surface area contributed by atoms with E-state index in [9.17, 15) is 0 Å². The molecule has 0 spiro atoms. The minimum absolute atomic E-state index is 1.29. The second kappa shape index (κ2) is 8.33. The molecule has 0 aliphatic carbocycles. The van der Waals surface area contributed by atoms with E-state index < -0.39 is 0 Å². The molecule has 4 heteroatoms. The van der Waals surface area contributed by atoms with Gasteiger partial charge in [0.1, 0.15) is 0 Å². The third-order valence-corrected chi connectivity index (χ3v) is 10.5. The van der Waals surface area contributed by atoms with Gasteiger partial charge in [-0.2, -0.15) is 0 Å². The normalized spacial score (nSPS) is 11.5. The molecule has 0 radical (unpaired) electrons. The highest BCUT2D eigenvalue weighted by molar-refractivity contribution is 7.23. The molecule has 0 saturated carbocycles. The van der Waals surface area contributed by atoms with Crippen LogP contribution in [0.4, 0.5) is 0 Å². The molecule has 0 aliphatic rings. The highest BCUT2D eigenvalue weighted by atomic mass is 32.1. The van der Waals surface area contributed by atoms with Crippen LogP contribution in [0.2, 0.25) is 0 Å². The maximum atomic E-state index is 2.33.